The number of fused-ring (bicyclic) bond motifs is 1. The summed E-state index contributed by atoms with van der Waals surface area (Å²) in [4.78, 5) is 0. The number of halogens is 1. The predicted octanol–water partition coefficient (Wildman–Crippen LogP) is 5.02. The summed E-state index contributed by atoms with van der Waals surface area (Å²) in [5.74, 6) is 3.09. The summed E-state index contributed by atoms with van der Waals surface area (Å²) < 4.78 is 22.3. The monoisotopic (exact) mass is 427 g/mol. The molecule has 0 saturated heterocycles. The van der Waals surface area contributed by atoms with Crippen molar-refractivity contribution >= 4 is 12.4 Å². The Hall–Kier alpha value is -2.89. The van der Waals surface area contributed by atoms with E-state index in [0.29, 0.717) is 13.4 Å². The number of aryl methyl sites for hydroxylation is 1. The van der Waals surface area contributed by atoms with Crippen LogP contribution in [0, 0.1) is 6.92 Å². The summed E-state index contributed by atoms with van der Waals surface area (Å²) >= 11 is 0. The summed E-state index contributed by atoms with van der Waals surface area (Å²) in [7, 11) is 1.67. The van der Waals surface area contributed by atoms with Crippen molar-refractivity contribution in [1.82, 2.24) is 5.32 Å². The summed E-state index contributed by atoms with van der Waals surface area (Å²) in [6.45, 7) is 4.35. The molecule has 0 atom stereocenters. The van der Waals surface area contributed by atoms with Gasteiger partial charge < -0.3 is 24.3 Å². The highest BCUT2D eigenvalue weighted by atomic mass is 35.5. The molecule has 1 aliphatic heterocycles. The van der Waals surface area contributed by atoms with E-state index in [1.807, 2.05) is 36.4 Å². The van der Waals surface area contributed by atoms with Crippen LogP contribution in [0.25, 0.3) is 0 Å². The van der Waals surface area contributed by atoms with Gasteiger partial charge in [-0.15, -0.1) is 12.4 Å². The summed E-state index contributed by atoms with van der Waals surface area (Å²) in [6, 6.07) is 20.3. The van der Waals surface area contributed by atoms with Crippen molar-refractivity contribution in [2.75, 3.05) is 13.9 Å². The summed E-state index contributed by atoms with van der Waals surface area (Å²) in [5.41, 5.74) is 4.65. The topological polar surface area (TPSA) is 49.0 Å². The van der Waals surface area contributed by atoms with E-state index in [-0.39, 0.29) is 12.4 Å². The lowest BCUT2D eigenvalue weighted by atomic mass is 10.1. The van der Waals surface area contributed by atoms with Crippen molar-refractivity contribution in [2.24, 2.45) is 0 Å². The van der Waals surface area contributed by atoms with E-state index in [4.69, 9.17) is 18.9 Å². The molecule has 1 heterocycles. The molecule has 3 aromatic rings. The van der Waals surface area contributed by atoms with E-state index in [2.05, 4.69) is 36.5 Å². The third kappa shape index (κ3) is 5.38. The molecule has 4 rings (SSSR count). The van der Waals surface area contributed by atoms with Crippen molar-refractivity contribution in [3.63, 3.8) is 0 Å². The molecular weight excluding hydrogens is 402 g/mol. The highest BCUT2D eigenvalue weighted by molar-refractivity contribution is 5.85. The molecule has 1 aliphatic rings. The fourth-order valence-corrected chi connectivity index (χ4v) is 3.31. The fourth-order valence-electron chi connectivity index (χ4n) is 3.31. The molecule has 0 saturated carbocycles. The molecule has 0 aliphatic carbocycles. The maximum atomic E-state index is 5.97. The molecule has 3 aromatic carbocycles. The Morgan fingerprint density at radius 3 is 2.40 bits per heavy atom. The first-order valence-corrected chi connectivity index (χ1v) is 9.66. The van der Waals surface area contributed by atoms with Gasteiger partial charge in [0.15, 0.2) is 23.0 Å². The van der Waals surface area contributed by atoms with Crippen LogP contribution in [0.4, 0.5) is 0 Å². The van der Waals surface area contributed by atoms with Gasteiger partial charge in [-0.2, -0.15) is 0 Å². The highest BCUT2D eigenvalue weighted by Gasteiger charge is 2.13. The lowest BCUT2D eigenvalue weighted by molar-refractivity contribution is 0.174. The molecule has 6 heteroatoms. The fraction of sp³-hybridized carbons (Fsp3) is 0.250. The minimum absolute atomic E-state index is 0. The minimum Gasteiger partial charge on any atom is -0.493 e. The lowest BCUT2D eigenvalue weighted by Crippen LogP contribution is -2.12. The number of hydrogen-bond acceptors (Lipinski definition) is 5. The second kappa shape index (κ2) is 10.2. The maximum absolute atomic E-state index is 5.97. The number of hydrogen-bond donors (Lipinski definition) is 1. The van der Waals surface area contributed by atoms with E-state index in [1.54, 1.807) is 7.11 Å². The molecule has 0 aromatic heterocycles. The number of benzene rings is 3. The summed E-state index contributed by atoms with van der Waals surface area (Å²) in [5, 5.41) is 3.45. The first kappa shape index (κ1) is 21.8. The van der Waals surface area contributed by atoms with Gasteiger partial charge >= 0.3 is 0 Å². The Balaban J connectivity index is 0.00000256. The third-order valence-corrected chi connectivity index (χ3v) is 4.80. The van der Waals surface area contributed by atoms with Gasteiger partial charge in [0.2, 0.25) is 6.79 Å². The number of methoxy groups -OCH3 is 1. The van der Waals surface area contributed by atoms with Gasteiger partial charge in [-0.3, -0.25) is 0 Å². The normalized spacial score (nSPS) is 11.7. The van der Waals surface area contributed by atoms with Crippen LogP contribution in [0.1, 0.15) is 22.3 Å². The van der Waals surface area contributed by atoms with Crippen molar-refractivity contribution in [2.45, 2.75) is 26.6 Å². The maximum Gasteiger partial charge on any atom is 0.231 e. The van der Waals surface area contributed by atoms with Gasteiger partial charge in [0, 0.05) is 13.1 Å². The average Bonchev–Trinajstić information content (AvgIpc) is 3.20. The Labute approximate surface area is 183 Å². The van der Waals surface area contributed by atoms with E-state index in [0.717, 1.165) is 52.8 Å². The Bertz CT molecular complexity index is 993. The van der Waals surface area contributed by atoms with Crippen molar-refractivity contribution in [3.8, 4) is 23.0 Å². The van der Waals surface area contributed by atoms with E-state index < -0.39 is 0 Å². The van der Waals surface area contributed by atoms with Crippen LogP contribution in [-0.4, -0.2) is 13.9 Å². The molecule has 1 N–H and O–H groups in total. The molecule has 0 fully saturated rings. The van der Waals surface area contributed by atoms with E-state index in [9.17, 15) is 0 Å². The van der Waals surface area contributed by atoms with Crippen LogP contribution in [0.3, 0.4) is 0 Å². The second-order valence-corrected chi connectivity index (χ2v) is 7.05. The van der Waals surface area contributed by atoms with Gasteiger partial charge in [-0.25, -0.2) is 0 Å². The van der Waals surface area contributed by atoms with Crippen molar-refractivity contribution in [3.05, 3.63) is 82.9 Å². The molecule has 158 valence electrons. The summed E-state index contributed by atoms with van der Waals surface area (Å²) in [6.07, 6.45) is 0. The van der Waals surface area contributed by atoms with Crippen LogP contribution in [0.2, 0.25) is 0 Å². The second-order valence-electron chi connectivity index (χ2n) is 7.05. The van der Waals surface area contributed by atoms with Gasteiger partial charge in [-0.05, 0) is 47.9 Å². The zero-order chi connectivity index (χ0) is 20.1. The van der Waals surface area contributed by atoms with Crippen LogP contribution in [0.5, 0.6) is 23.0 Å². The largest absolute Gasteiger partial charge is 0.493 e. The quantitative estimate of drug-likeness (QED) is 0.546. The Morgan fingerprint density at radius 2 is 1.60 bits per heavy atom. The van der Waals surface area contributed by atoms with Crippen LogP contribution in [-0.2, 0) is 19.7 Å². The van der Waals surface area contributed by atoms with E-state index in [1.165, 1.54) is 5.56 Å². The van der Waals surface area contributed by atoms with Crippen LogP contribution < -0.4 is 24.3 Å². The Morgan fingerprint density at radius 1 is 0.833 bits per heavy atom. The van der Waals surface area contributed by atoms with Crippen molar-refractivity contribution in [1.29, 1.82) is 0 Å². The SMILES string of the molecule is COc1cc(CNCc2ccc3c(c2)OCO3)ccc1OCc1cccc(C)c1.Cl. The third-order valence-electron chi connectivity index (χ3n) is 4.80. The standard InChI is InChI=1S/C24H25NO4.ClH/c1-17-4-3-5-20(10-17)15-27-21-8-6-18(11-23(21)26-2)13-25-14-19-7-9-22-24(12-19)29-16-28-22;/h3-12,25H,13-16H2,1-2H3;1H. The van der Waals surface area contributed by atoms with Gasteiger partial charge in [0.25, 0.3) is 0 Å². The molecule has 30 heavy (non-hydrogen) atoms. The average molecular weight is 428 g/mol. The molecule has 0 unspecified atom stereocenters. The number of rotatable bonds is 8. The lowest BCUT2D eigenvalue weighted by Gasteiger charge is -2.13. The first-order valence-electron chi connectivity index (χ1n) is 9.66. The molecule has 0 radical (unpaired) electrons. The zero-order valence-corrected chi connectivity index (χ0v) is 18.0. The predicted molar refractivity (Wildman–Crippen MR) is 119 cm³/mol. The van der Waals surface area contributed by atoms with Gasteiger partial charge in [-0.1, -0.05) is 42.0 Å². The Kier molecular flexibility index (Phi) is 7.44. The first-order chi connectivity index (χ1) is 14.2. The number of nitrogens with one attached hydrogen (secondary N) is 1. The molecule has 0 spiro atoms. The van der Waals surface area contributed by atoms with Crippen LogP contribution in [0.15, 0.2) is 60.7 Å². The van der Waals surface area contributed by atoms with E-state index >= 15 is 0 Å². The molecule has 5 nitrogen and oxygen atoms in total. The van der Waals surface area contributed by atoms with Gasteiger partial charge in [0.1, 0.15) is 6.61 Å². The van der Waals surface area contributed by atoms with Crippen molar-refractivity contribution < 1.29 is 18.9 Å². The molecule has 0 bridgehead atoms. The zero-order valence-electron chi connectivity index (χ0n) is 17.1. The molecular formula is C24H26ClNO4. The highest BCUT2D eigenvalue weighted by Crippen LogP contribution is 2.32. The van der Waals surface area contributed by atoms with Crippen LogP contribution >= 0.6 is 12.4 Å². The number of ether oxygens (including phenoxy) is 4. The minimum atomic E-state index is 0. The molecule has 0 amide bonds. The van der Waals surface area contributed by atoms with Gasteiger partial charge in [0.05, 0.1) is 7.11 Å². The smallest absolute Gasteiger partial charge is 0.231 e.